The minimum Gasteiger partial charge on any atom is -0.353 e. The summed E-state index contributed by atoms with van der Waals surface area (Å²) < 4.78 is 25.5. The van der Waals surface area contributed by atoms with E-state index >= 15 is 0 Å². The maximum absolute atomic E-state index is 13.3. The van der Waals surface area contributed by atoms with Crippen LogP contribution in [0.5, 0.6) is 0 Å². The highest BCUT2D eigenvalue weighted by Crippen LogP contribution is 2.36. The Morgan fingerprint density at radius 2 is 2.03 bits per heavy atom. The lowest BCUT2D eigenvalue weighted by atomic mass is 9.87. The summed E-state index contributed by atoms with van der Waals surface area (Å²) in [5, 5.41) is 10.1. The highest BCUT2D eigenvalue weighted by Gasteiger charge is 2.28. The molecule has 1 saturated carbocycles. The minimum atomic E-state index is -3.46. The van der Waals surface area contributed by atoms with Crippen molar-refractivity contribution in [2.24, 2.45) is 5.92 Å². The van der Waals surface area contributed by atoms with Gasteiger partial charge >= 0.3 is 0 Å². The number of amides is 2. The minimum absolute atomic E-state index is 0.0498. The summed E-state index contributed by atoms with van der Waals surface area (Å²) >= 11 is 6.27. The van der Waals surface area contributed by atoms with E-state index in [0.717, 1.165) is 31.9 Å². The van der Waals surface area contributed by atoms with E-state index < -0.39 is 15.8 Å². The molecule has 0 radical (unpaired) electrons. The summed E-state index contributed by atoms with van der Waals surface area (Å²) in [4.78, 5) is 25.1. The fourth-order valence-electron chi connectivity index (χ4n) is 4.27. The van der Waals surface area contributed by atoms with Crippen LogP contribution in [0.2, 0.25) is 5.02 Å². The fourth-order valence-corrected chi connectivity index (χ4v) is 5.60. The first-order valence-corrected chi connectivity index (χ1v) is 13.7. The van der Waals surface area contributed by atoms with Crippen LogP contribution in [-0.2, 0) is 26.0 Å². The molecule has 0 bridgehead atoms. The molecular formula is C24H31ClN4O4S. The predicted molar refractivity (Wildman–Crippen MR) is 133 cm³/mol. The second-order valence-corrected chi connectivity index (χ2v) is 11.1. The second kappa shape index (κ2) is 11.7. The number of nitrogens with one attached hydrogen (secondary N) is 2. The topological polar surface area (TPSA) is 110 Å². The number of hydrogen-bond acceptors (Lipinski definition) is 5. The predicted octanol–water partition coefficient (Wildman–Crippen LogP) is 3.93. The summed E-state index contributed by atoms with van der Waals surface area (Å²) in [5.41, 5.74) is 0.681. The summed E-state index contributed by atoms with van der Waals surface area (Å²) in [6.45, 7) is 4.36. The normalized spacial score (nSPS) is 15.1. The van der Waals surface area contributed by atoms with Gasteiger partial charge in [-0.1, -0.05) is 49.4 Å². The molecule has 8 nitrogen and oxygen atoms in total. The van der Waals surface area contributed by atoms with Gasteiger partial charge in [0.2, 0.25) is 11.8 Å². The van der Waals surface area contributed by atoms with E-state index in [1.807, 2.05) is 0 Å². The van der Waals surface area contributed by atoms with Gasteiger partial charge in [-0.25, -0.2) is 8.42 Å². The molecule has 0 aliphatic heterocycles. The first-order valence-electron chi connectivity index (χ1n) is 11.4. The number of rotatable bonds is 11. The molecule has 1 aromatic carbocycles. The largest absolute Gasteiger partial charge is 0.353 e. The summed E-state index contributed by atoms with van der Waals surface area (Å²) in [6.07, 6.45) is 9.79. The molecule has 1 atom stereocenters. The van der Waals surface area contributed by atoms with Gasteiger partial charge in [0.25, 0.3) is 0 Å². The standard InChI is InChI=1S/C24H31ClN4O4S/c1-3-12-26-23(30)11-14-29-13-10-22(28-29)27-24(31)19(15-17-6-4-5-7-17)18-8-9-21(20(25)16-18)34(2,32)33/h3,8-10,13,16-17,19H,1,4-7,11-12,14-15H2,2H3,(H,26,30)(H,27,28,31). The van der Waals surface area contributed by atoms with Crippen molar-refractivity contribution in [3.8, 4) is 0 Å². The SMILES string of the molecule is C=CCNC(=O)CCn1ccc(NC(=O)C(CC2CCCC2)c2ccc(S(C)(=O)=O)c(Cl)c2)n1. The molecule has 1 heterocycles. The van der Waals surface area contributed by atoms with Crippen molar-refractivity contribution in [1.82, 2.24) is 15.1 Å². The van der Waals surface area contributed by atoms with Crippen LogP contribution in [-0.4, -0.2) is 42.8 Å². The Labute approximate surface area is 205 Å². The Morgan fingerprint density at radius 1 is 1.29 bits per heavy atom. The molecule has 3 rings (SSSR count). The van der Waals surface area contributed by atoms with Gasteiger partial charge < -0.3 is 10.6 Å². The fraction of sp³-hybridized carbons (Fsp3) is 0.458. The molecule has 184 valence electrons. The van der Waals surface area contributed by atoms with Crippen molar-refractivity contribution in [3.63, 3.8) is 0 Å². The Hall–Kier alpha value is -2.65. The lowest BCUT2D eigenvalue weighted by molar-refractivity contribution is -0.121. The zero-order chi connectivity index (χ0) is 24.7. The van der Waals surface area contributed by atoms with Crippen LogP contribution >= 0.6 is 11.6 Å². The number of aromatic nitrogens is 2. The molecule has 2 N–H and O–H groups in total. The molecule has 34 heavy (non-hydrogen) atoms. The molecular weight excluding hydrogens is 476 g/mol. The van der Waals surface area contributed by atoms with Gasteiger partial charge in [0, 0.05) is 38.0 Å². The lowest BCUT2D eigenvalue weighted by Gasteiger charge is -2.21. The molecule has 1 aliphatic rings. The molecule has 2 amide bonds. The van der Waals surface area contributed by atoms with E-state index in [1.54, 1.807) is 35.2 Å². The summed E-state index contributed by atoms with van der Waals surface area (Å²) in [6, 6.07) is 6.40. The van der Waals surface area contributed by atoms with Crippen molar-refractivity contribution in [2.75, 3.05) is 18.1 Å². The third kappa shape index (κ3) is 7.17. The number of halogens is 1. The number of sulfone groups is 1. The van der Waals surface area contributed by atoms with Crippen molar-refractivity contribution in [1.29, 1.82) is 0 Å². The monoisotopic (exact) mass is 506 g/mol. The Balaban J connectivity index is 1.72. The second-order valence-electron chi connectivity index (χ2n) is 8.70. The van der Waals surface area contributed by atoms with E-state index in [2.05, 4.69) is 22.3 Å². The highest BCUT2D eigenvalue weighted by atomic mass is 35.5. The molecule has 1 aliphatic carbocycles. The first kappa shape index (κ1) is 26.0. The third-order valence-corrected chi connectivity index (χ3v) is 7.60. The van der Waals surface area contributed by atoms with Gasteiger partial charge in [0.05, 0.1) is 15.8 Å². The van der Waals surface area contributed by atoms with Crippen molar-refractivity contribution < 1.29 is 18.0 Å². The quantitative estimate of drug-likeness (QED) is 0.448. The van der Waals surface area contributed by atoms with Gasteiger partial charge in [-0.2, -0.15) is 5.10 Å². The number of nitrogens with zero attached hydrogens (tertiary/aromatic N) is 2. The molecule has 2 aromatic rings. The van der Waals surface area contributed by atoms with Crippen LogP contribution in [0, 0.1) is 5.92 Å². The number of carbonyl (C=O) groups is 2. The van der Waals surface area contributed by atoms with Crippen molar-refractivity contribution in [2.45, 2.75) is 55.9 Å². The maximum Gasteiger partial charge on any atom is 0.233 e. The van der Waals surface area contributed by atoms with Gasteiger partial charge in [-0.3, -0.25) is 14.3 Å². The molecule has 0 saturated heterocycles. The van der Waals surface area contributed by atoms with Crippen LogP contribution in [0.4, 0.5) is 5.82 Å². The van der Waals surface area contributed by atoms with Crippen LogP contribution in [0.25, 0.3) is 0 Å². The van der Waals surface area contributed by atoms with E-state index in [4.69, 9.17) is 11.6 Å². The zero-order valence-electron chi connectivity index (χ0n) is 19.3. The van der Waals surface area contributed by atoms with Crippen LogP contribution < -0.4 is 10.6 Å². The van der Waals surface area contributed by atoms with Gasteiger partial charge in [-0.05, 0) is 30.0 Å². The van der Waals surface area contributed by atoms with Crippen molar-refractivity contribution >= 4 is 39.1 Å². The van der Waals surface area contributed by atoms with Crippen LogP contribution in [0.1, 0.15) is 50.0 Å². The number of hydrogen-bond donors (Lipinski definition) is 2. The summed E-state index contributed by atoms with van der Waals surface area (Å²) in [5.74, 6) is 0.0163. The van der Waals surface area contributed by atoms with Gasteiger partial charge in [0.15, 0.2) is 15.7 Å². The Kier molecular flexibility index (Phi) is 8.90. The lowest BCUT2D eigenvalue weighted by Crippen LogP contribution is -2.25. The van der Waals surface area contributed by atoms with Crippen molar-refractivity contribution in [3.05, 3.63) is 53.7 Å². The van der Waals surface area contributed by atoms with Crippen LogP contribution in [0.3, 0.4) is 0 Å². The average Bonchev–Trinajstić information content (AvgIpc) is 3.45. The van der Waals surface area contributed by atoms with E-state index in [9.17, 15) is 18.0 Å². The van der Waals surface area contributed by atoms with E-state index in [0.29, 0.717) is 36.8 Å². The first-order chi connectivity index (χ1) is 16.2. The molecule has 1 unspecified atom stereocenters. The van der Waals surface area contributed by atoms with Crippen LogP contribution in [0.15, 0.2) is 48.0 Å². The molecule has 1 aromatic heterocycles. The van der Waals surface area contributed by atoms with Gasteiger partial charge in [0.1, 0.15) is 0 Å². The Morgan fingerprint density at radius 3 is 2.68 bits per heavy atom. The Bertz CT molecular complexity index is 1140. The maximum atomic E-state index is 13.3. The number of anilines is 1. The number of carbonyl (C=O) groups excluding carboxylic acids is 2. The number of benzene rings is 1. The molecule has 1 fully saturated rings. The van der Waals surface area contributed by atoms with E-state index in [1.165, 1.54) is 6.07 Å². The third-order valence-electron chi connectivity index (χ3n) is 6.02. The van der Waals surface area contributed by atoms with E-state index in [-0.39, 0.29) is 28.2 Å². The zero-order valence-corrected chi connectivity index (χ0v) is 20.9. The molecule has 0 spiro atoms. The number of aryl methyl sites for hydroxylation is 1. The highest BCUT2D eigenvalue weighted by molar-refractivity contribution is 7.90. The average molecular weight is 507 g/mol. The molecule has 10 heteroatoms. The smallest absolute Gasteiger partial charge is 0.233 e. The summed E-state index contributed by atoms with van der Waals surface area (Å²) in [7, 11) is -3.46. The van der Waals surface area contributed by atoms with Gasteiger partial charge in [-0.15, -0.1) is 6.58 Å².